The van der Waals surface area contributed by atoms with Crippen molar-refractivity contribution in [3.05, 3.63) is 35.9 Å². The van der Waals surface area contributed by atoms with E-state index in [1.165, 1.54) is 0 Å². The van der Waals surface area contributed by atoms with Gasteiger partial charge in [-0.2, -0.15) is 5.06 Å². The standard InChI is InChI=1S/C11H13NO3S/c13-16(14)7-6-12-11(10(16)8-15-12)9-4-2-1-3-5-9/h1-5,10-11H,6-8H2. The van der Waals surface area contributed by atoms with Gasteiger partial charge in [-0.05, 0) is 5.56 Å². The second-order valence-electron chi connectivity index (χ2n) is 4.20. The van der Waals surface area contributed by atoms with Crippen LogP contribution in [-0.2, 0) is 14.7 Å². The molecule has 2 bridgehead atoms. The lowest BCUT2D eigenvalue weighted by molar-refractivity contribution is -0.128. The fraction of sp³-hybridized carbons (Fsp3) is 0.455. The maximum Gasteiger partial charge on any atom is 0.158 e. The van der Waals surface area contributed by atoms with Gasteiger partial charge in [-0.15, -0.1) is 0 Å². The van der Waals surface area contributed by atoms with Gasteiger partial charge < -0.3 is 0 Å². The Bertz CT molecular complexity index is 485. The Morgan fingerprint density at radius 3 is 2.75 bits per heavy atom. The molecule has 3 rings (SSSR count). The van der Waals surface area contributed by atoms with Crippen molar-refractivity contribution in [2.24, 2.45) is 0 Å². The van der Waals surface area contributed by atoms with Crippen LogP contribution in [-0.4, -0.2) is 37.6 Å². The van der Waals surface area contributed by atoms with Gasteiger partial charge in [0.15, 0.2) is 9.84 Å². The van der Waals surface area contributed by atoms with Crippen LogP contribution in [0, 0.1) is 0 Å². The van der Waals surface area contributed by atoms with Crippen molar-refractivity contribution in [3.8, 4) is 0 Å². The molecule has 2 heterocycles. The summed E-state index contributed by atoms with van der Waals surface area (Å²) in [5.41, 5.74) is 1.02. The number of nitrogens with zero attached hydrogens (tertiary/aromatic N) is 1. The van der Waals surface area contributed by atoms with Crippen LogP contribution < -0.4 is 0 Å². The Balaban J connectivity index is 2.03. The van der Waals surface area contributed by atoms with Gasteiger partial charge in [-0.25, -0.2) is 8.42 Å². The molecule has 0 spiro atoms. The van der Waals surface area contributed by atoms with E-state index < -0.39 is 15.1 Å². The van der Waals surface area contributed by atoms with Gasteiger partial charge in [0.2, 0.25) is 0 Å². The quantitative estimate of drug-likeness (QED) is 0.726. The predicted octanol–water partition coefficient (Wildman–Crippen LogP) is 0.772. The predicted molar refractivity (Wildman–Crippen MR) is 59.4 cm³/mol. The summed E-state index contributed by atoms with van der Waals surface area (Å²) in [7, 11) is -3.00. The average molecular weight is 239 g/mol. The van der Waals surface area contributed by atoms with E-state index in [0.717, 1.165) is 5.56 Å². The number of fused-ring (bicyclic) bond motifs is 2. The number of rotatable bonds is 1. The van der Waals surface area contributed by atoms with Crippen LogP contribution in [0.15, 0.2) is 30.3 Å². The molecule has 0 amide bonds. The molecule has 0 N–H and O–H groups in total. The van der Waals surface area contributed by atoms with Crippen LogP contribution in [0.25, 0.3) is 0 Å². The second-order valence-corrected chi connectivity index (χ2v) is 6.54. The summed E-state index contributed by atoms with van der Waals surface area (Å²) in [6.45, 7) is 0.764. The molecule has 5 heteroatoms. The summed E-state index contributed by atoms with van der Waals surface area (Å²) in [5, 5.41) is 1.41. The van der Waals surface area contributed by atoms with E-state index in [1.54, 1.807) is 5.06 Å². The first-order chi connectivity index (χ1) is 7.68. The Kier molecular flexibility index (Phi) is 2.27. The lowest BCUT2D eigenvalue weighted by Crippen LogP contribution is -2.42. The van der Waals surface area contributed by atoms with Gasteiger partial charge in [0.1, 0.15) is 5.25 Å². The highest BCUT2D eigenvalue weighted by molar-refractivity contribution is 7.92. The number of hydroxylamine groups is 2. The summed E-state index contributed by atoms with van der Waals surface area (Å²) in [4.78, 5) is 5.43. The minimum absolute atomic E-state index is 0.125. The third-order valence-electron chi connectivity index (χ3n) is 3.27. The molecule has 2 saturated heterocycles. The summed E-state index contributed by atoms with van der Waals surface area (Å²) >= 11 is 0. The molecule has 0 saturated carbocycles. The number of hydrogen-bond acceptors (Lipinski definition) is 4. The van der Waals surface area contributed by atoms with Gasteiger partial charge >= 0.3 is 0 Å². The fourth-order valence-electron chi connectivity index (χ4n) is 2.43. The van der Waals surface area contributed by atoms with Crippen LogP contribution >= 0.6 is 0 Å². The Labute approximate surface area is 94.7 Å². The van der Waals surface area contributed by atoms with Crippen LogP contribution in [0.5, 0.6) is 0 Å². The number of hydrogen-bond donors (Lipinski definition) is 0. The minimum atomic E-state index is -3.00. The summed E-state index contributed by atoms with van der Waals surface area (Å²) < 4.78 is 23.8. The highest BCUT2D eigenvalue weighted by Crippen LogP contribution is 2.37. The van der Waals surface area contributed by atoms with E-state index in [0.29, 0.717) is 13.2 Å². The van der Waals surface area contributed by atoms with Crippen molar-refractivity contribution < 1.29 is 13.3 Å². The molecule has 86 valence electrons. The molecule has 1 aromatic rings. The maximum absolute atomic E-state index is 11.9. The molecule has 2 aliphatic heterocycles. The molecular weight excluding hydrogens is 226 g/mol. The molecule has 0 aliphatic carbocycles. The van der Waals surface area contributed by atoms with E-state index in [1.807, 2.05) is 30.3 Å². The smallest absolute Gasteiger partial charge is 0.158 e. The maximum atomic E-state index is 11.9. The third kappa shape index (κ3) is 1.47. The molecule has 2 aliphatic rings. The molecule has 4 nitrogen and oxygen atoms in total. The van der Waals surface area contributed by atoms with E-state index in [2.05, 4.69) is 0 Å². The summed E-state index contributed by atoms with van der Waals surface area (Å²) in [6, 6.07) is 9.58. The van der Waals surface area contributed by atoms with Crippen molar-refractivity contribution in [3.63, 3.8) is 0 Å². The second kappa shape index (κ2) is 3.55. The van der Waals surface area contributed by atoms with Crippen LogP contribution in [0.4, 0.5) is 0 Å². The van der Waals surface area contributed by atoms with E-state index >= 15 is 0 Å². The van der Waals surface area contributed by atoms with Crippen molar-refractivity contribution in [1.82, 2.24) is 5.06 Å². The minimum Gasteiger partial charge on any atom is -0.297 e. The average Bonchev–Trinajstić information content (AvgIpc) is 2.65. The van der Waals surface area contributed by atoms with Crippen LogP contribution in [0.3, 0.4) is 0 Å². The third-order valence-corrected chi connectivity index (χ3v) is 5.33. The Morgan fingerprint density at radius 2 is 2.00 bits per heavy atom. The largest absolute Gasteiger partial charge is 0.297 e. The first kappa shape index (κ1) is 10.3. The lowest BCUT2D eigenvalue weighted by Gasteiger charge is -2.30. The Hall–Kier alpha value is -0.910. The number of benzene rings is 1. The molecule has 2 fully saturated rings. The van der Waals surface area contributed by atoms with Crippen molar-refractivity contribution >= 4 is 9.84 Å². The zero-order valence-electron chi connectivity index (χ0n) is 8.74. The molecule has 0 radical (unpaired) electrons. The normalized spacial score (nSPS) is 36.1. The van der Waals surface area contributed by atoms with Gasteiger partial charge in [0, 0.05) is 6.54 Å². The highest BCUT2D eigenvalue weighted by atomic mass is 32.2. The monoisotopic (exact) mass is 239 g/mol. The molecule has 16 heavy (non-hydrogen) atoms. The number of sulfone groups is 1. The fourth-order valence-corrected chi connectivity index (χ4v) is 4.12. The van der Waals surface area contributed by atoms with E-state index in [-0.39, 0.29) is 11.8 Å². The molecule has 3 unspecified atom stereocenters. The van der Waals surface area contributed by atoms with Crippen molar-refractivity contribution in [2.45, 2.75) is 11.3 Å². The summed E-state index contributed by atoms with van der Waals surface area (Å²) in [6.07, 6.45) is 0. The lowest BCUT2D eigenvalue weighted by atomic mass is 10.0. The summed E-state index contributed by atoms with van der Waals surface area (Å²) in [5.74, 6) is 0.209. The SMILES string of the molecule is O=S1(=O)CCN2OCC1C2c1ccccc1. The molecular formula is C11H13NO3S. The topological polar surface area (TPSA) is 46.6 Å². The highest BCUT2D eigenvalue weighted by Gasteiger charge is 2.48. The first-order valence-corrected chi connectivity index (χ1v) is 7.06. The van der Waals surface area contributed by atoms with E-state index in [9.17, 15) is 8.42 Å². The molecule has 3 atom stereocenters. The van der Waals surface area contributed by atoms with Gasteiger partial charge in [-0.1, -0.05) is 30.3 Å². The van der Waals surface area contributed by atoms with Gasteiger partial charge in [0.25, 0.3) is 0 Å². The van der Waals surface area contributed by atoms with Crippen molar-refractivity contribution in [1.29, 1.82) is 0 Å². The zero-order chi connectivity index (χ0) is 11.2. The van der Waals surface area contributed by atoms with Crippen LogP contribution in [0.2, 0.25) is 0 Å². The molecule has 0 aromatic heterocycles. The van der Waals surface area contributed by atoms with Gasteiger partial charge in [-0.3, -0.25) is 4.84 Å². The van der Waals surface area contributed by atoms with Crippen molar-refractivity contribution in [2.75, 3.05) is 18.9 Å². The van der Waals surface area contributed by atoms with Crippen LogP contribution in [0.1, 0.15) is 11.6 Å². The van der Waals surface area contributed by atoms with E-state index in [4.69, 9.17) is 4.84 Å². The first-order valence-electron chi connectivity index (χ1n) is 5.34. The zero-order valence-corrected chi connectivity index (χ0v) is 9.56. The molecule has 1 aromatic carbocycles. The van der Waals surface area contributed by atoms with Gasteiger partial charge in [0.05, 0.1) is 18.4 Å². The Morgan fingerprint density at radius 1 is 1.25 bits per heavy atom.